The number of hydrogen-bond donors (Lipinski definition) is 1. The topological polar surface area (TPSA) is 66.8 Å². The van der Waals surface area contributed by atoms with E-state index in [0.717, 1.165) is 31.3 Å². The highest BCUT2D eigenvalue weighted by Gasteiger charge is 2.59. The first-order chi connectivity index (χ1) is 13.1. The largest absolute Gasteiger partial charge is 0.461 e. The zero-order valence-corrected chi connectivity index (χ0v) is 18.2. The van der Waals surface area contributed by atoms with Crippen molar-refractivity contribution < 1.29 is 19.4 Å². The third-order valence-electron chi connectivity index (χ3n) is 8.02. The fourth-order valence-corrected chi connectivity index (χ4v) is 6.23. The highest BCUT2D eigenvalue weighted by Crippen LogP contribution is 2.63. The van der Waals surface area contributed by atoms with Crippen LogP contribution in [0.3, 0.4) is 0 Å². The van der Waals surface area contributed by atoms with Crippen molar-refractivity contribution in [3.63, 3.8) is 0 Å². The highest BCUT2D eigenvalue weighted by atomic mass is 16.5. The standard InChI is InChI=1S/C23H37NO4/c1-22(2)19-14-18(25)16-12-15(13-21(27)28-11-10-24(4)5)6-7-17(16)23(19,3)9-8-20(22)26/h13,16-17,19-20,26H,6-12,14H2,1-5H3/b15-13+. The highest BCUT2D eigenvalue weighted by molar-refractivity contribution is 5.85. The lowest BCUT2D eigenvalue weighted by atomic mass is 9.43. The summed E-state index contributed by atoms with van der Waals surface area (Å²) in [7, 11) is 3.89. The smallest absolute Gasteiger partial charge is 0.330 e. The second-order valence-corrected chi connectivity index (χ2v) is 10.3. The monoisotopic (exact) mass is 391 g/mol. The predicted molar refractivity (Wildman–Crippen MR) is 109 cm³/mol. The average molecular weight is 392 g/mol. The van der Waals surface area contributed by atoms with Gasteiger partial charge in [0.05, 0.1) is 6.10 Å². The molecule has 3 rings (SSSR count). The van der Waals surface area contributed by atoms with Gasteiger partial charge in [-0.15, -0.1) is 0 Å². The van der Waals surface area contributed by atoms with Gasteiger partial charge in [0.1, 0.15) is 12.4 Å². The minimum atomic E-state index is -0.328. The predicted octanol–water partition coefficient (Wildman–Crippen LogP) is 3.21. The number of nitrogens with zero attached hydrogens (tertiary/aromatic N) is 1. The van der Waals surface area contributed by atoms with Crippen LogP contribution in [0, 0.1) is 28.6 Å². The summed E-state index contributed by atoms with van der Waals surface area (Å²) in [5, 5.41) is 10.5. The Hall–Kier alpha value is -1.20. The van der Waals surface area contributed by atoms with E-state index in [1.807, 2.05) is 19.0 Å². The third-order valence-corrected chi connectivity index (χ3v) is 8.02. The Morgan fingerprint density at radius 3 is 2.64 bits per heavy atom. The van der Waals surface area contributed by atoms with Gasteiger partial charge >= 0.3 is 5.97 Å². The van der Waals surface area contributed by atoms with E-state index in [0.29, 0.717) is 37.7 Å². The molecule has 3 aliphatic carbocycles. The maximum atomic E-state index is 13.1. The molecule has 1 N–H and O–H groups in total. The zero-order chi connectivity index (χ0) is 20.7. The Kier molecular flexibility index (Phi) is 6.07. The van der Waals surface area contributed by atoms with Crippen molar-refractivity contribution in [2.75, 3.05) is 27.2 Å². The number of allylic oxidation sites excluding steroid dienone is 1. The molecule has 5 atom stereocenters. The number of hydrogen-bond acceptors (Lipinski definition) is 5. The summed E-state index contributed by atoms with van der Waals surface area (Å²) >= 11 is 0. The molecule has 0 amide bonds. The molecule has 0 aromatic heterocycles. The van der Waals surface area contributed by atoms with Crippen molar-refractivity contribution in [3.8, 4) is 0 Å². The molecule has 0 bridgehead atoms. The third kappa shape index (κ3) is 3.93. The van der Waals surface area contributed by atoms with E-state index in [-0.39, 0.29) is 34.7 Å². The van der Waals surface area contributed by atoms with Gasteiger partial charge in [-0.2, -0.15) is 0 Å². The maximum Gasteiger partial charge on any atom is 0.330 e. The first-order valence-electron chi connectivity index (χ1n) is 10.8. The molecule has 0 spiro atoms. The number of esters is 1. The van der Waals surface area contributed by atoms with Crippen LogP contribution in [0.15, 0.2) is 11.6 Å². The number of carbonyl (C=O) groups is 2. The fourth-order valence-electron chi connectivity index (χ4n) is 6.23. The molecule has 5 heteroatoms. The van der Waals surface area contributed by atoms with Gasteiger partial charge in [-0.3, -0.25) is 4.79 Å². The number of aliphatic hydroxyl groups is 1. The van der Waals surface area contributed by atoms with Crippen molar-refractivity contribution in [3.05, 3.63) is 11.6 Å². The van der Waals surface area contributed by atoms with E-state index in [2.05, 4.69) is 20.8 Å². The maximum absolute atomic E-state index is 13.1. The second kappa shape index (κ2) is 7.91. The minimum absolute atomic E-state index is 0.0156. The first-order valence-corrected chi connectivity index (χ1v) is 10.8. The van der Waals surface area contributed by atoms with Crippen LogP contribution in [0.25, 0.3) is 0 Å². The molecule has 0 saturated heterocycles. The van der Waals surface area contributed by atoms with Gasteiger partial charge in [-0.1, -0.05) is 26.3 Å². The Balaban J connectivity index is 1.71. The molecule has 0 radical (unpaired) electrons. The molecule has 0 aromatic carbocycles. The van der Waals surface area contributed by atoms with Crippen LogP contribution in [0.2, 0.25) is 0 Å². The molecule has 3 aliphatic rings. The van der Waals surface area contributed by atoms with Gasteiger partial charge in [-0.25, -0.2) is 4.79 Å². The lowest BCUT2D eigenvalue weighted by Crippen LogP contribution is -2.59. The Morgan fingerprint density at radius 2 is 1.96 bits per heavy atom. The van der Waals surface area contributed by atoms with E-state index >= 15 is 0 Å². The number of rotatable bonds is 4. The summed E-state index contributed by atoms with van der Waals surface area (Å²) in [4.78, 5) is 27.2. The van der Waals surface area contributed by atoms with Crippen LogP contribution >= 0.6 is 0 Å². The molecule has 158 valence electrons. The van der Waals surface area contributed by atoms with Crippen molar-refractivity contribution in [2.45, 2.75) is 65.4 Å². The summed E-state index contributed by atoms with van der Waals surface area (Å²) in [5.41, 5.74) is 0.931. The van der Waals surface area contributed by atoms with Gasteiger partial charge in [-0.05, 0) is 68.9 Å². The average Bonchev–Trinajstić information content (AvgIpc) is 2.61. The lowest BCUT2D eigenvalue weighted by Gasteiger charge is -2.61. The molecular weight excluding hydrogens is 354 g/mol. The Labute approximate surface area is 169 Å². The number of fused-ring (bicyclic) bond motifs is 3. The van der Waals surface area contributed by atoms with Crippen molar-refractivity contribution in [1.29, 1.82) is 0 Å². The SMILES string of the molecule is CN(C)CCOC(=O)/C=C1\CCC2C(C1)C(=O)CC1C(C)(C)C(O)CCC21C. The number of likely N-dealkylation sites (N-methyl/N-ethyl adjacent to an activating group) is 1. The van der Waals surface area contributed by atoms with Gasteiger partial charge < -0.3 is 14.7 Å². The molecule has 5 nitrogen and oxygen atoms in total. The molecule has 3 saturated carbocycles. The van der Waals surface area contributed by atoms with E-state index in [9.17, 15) is 14.7 Å². The number of ether oxygens (including phenoxy) is 1. The van der Waals surface area contributed by atoms with E-state index < -0.39 is 0 Å². The number of ketones is 1. The summed E-state index contributed by atoms with van der Waals surface area (Å²) < 4.78 is 5.29. The van der Waals surface area contributed by atoms with Crippen LogP contribution in [-0.4, -0.2) is 55.1 Å². The van der Waals surface area contributed by atoms with Crippen LogP contribution in [-0.2, 0) is 14.3 Å². The Bertz CT molecular complexity index is 653. The molecular formula is C23H37NO4. The zero-order valence-electron chi connectivity index (χ0n) is 18.2. The molecule has 3 fully saturated rings. The fraction of sp³-hybridized carbons (Fsp3) is 0.826. The van der Waals surface area contributed by atoms with E-state index in [1.165, 1.54) is 0 Å². The van der Waals surface area contributed by atoms with Gasteiger partial charge in [0.25, 0.3) is 0 Å². The summed E-state index contributed by atoms with van der Waals surface area (Å²) in [6, 6.07) is 0. The molecule has 0 aromatic rings. The minimum Gasteiger partial charge on any atom is -0.461 e. The quantitative estimate of drug-likeness (QED) is 0.589. The molecule has 0 aliphatic heterocycles. The lowest BCUT2D eigenvalue weighted by molar-refractivity contribution is -0.168. The molecule has 0 heterocycles. The molecule has 5 unspecified atom stereocenters. The van der Waals surface area contributed by atoms with Crippen molar-refractivity contribution in [2.24, 2.45) is 28.6 Å². The van der Waals surface area contributed by atoms with Gasteiger partial charge in [0, 0.05) is 25.0 Å². The molecule has 28 heavy (non-hydrogen) atoms. The summed E-state index contributed by atoms with van der Waals surface area (Å²) in [6.07, 6.45) is 6.17. The van der Waals surface area contributed by atoms with Crippen LogP contribution in [0.4, 0.5) is 0 Å². The van der Waals surface area contributed by atoms with E-state index in [4.69, 9.17) is 4.74 Å². The number of Topliss-reactive ketones (excluding diaryl/α,β-unsaturated/α-hetero) is 1. The van der Waals surface area contributed by atoms with Gasteiger partial charge in [0.15, 0.2) is 0 Å². The normalized spacial score (nSPS) is 38.8. The Morgan fingerprint density at radius 1 is 1.25 bits per heavy atom. The summed E-state index contributed by atoms with van der Waals surface area (Å²) in [5.74, 6) is 0.638. The van der Waals surface area contributed by atoms with Crippen molar-refractivity contribution >= 4 is 11.8 Å². The van der Waals surface area contributed by atoms with Crippen LogP contribution < -0.4 is 0 Å². The summed E-state index contributed by atoms with van der Waals surface area (Å²) in [6.45, 7) is 7.70. The van der Waals surface area contributed by atoms with Crippen LogP contribution in [0.5, 0.6) is 0 Å². The van der Waals surface area contributed by atoms with Gasteiger partial charge in [0.2, 0.25) is 0 Å². The van der Waals surface area contributed by atoms with Crippen molar-refractivity contribution in [1.82, 2.24) is 4.90 Å². The second-order valence-electron chi connectivity index (χ2n) is 10.3. The first kappa shape index (κ1) is 21.5. The number of aliphatic hydroxyl groups excluding tert-OH is 1. The van der Waals surface area contributed by atoms with Crippen LogP contribution in [0.1, 0.15) is 59.3 Å². The van der Waals surface area contributed by atoms with E-state index in [1.54, 1.807) is 6.08 Å². The number of carbonyl (C=O) groups excluding carboxylic acids is 2.